The van der Waals surface area contributed by atoms with Gasteiger partial charge in [0.05, 0.1) is 0 Å². The predicted octanol–water partition coefficient (Wildman–Crippen LogP) is 8.34. The monoisotopic (exact) mass is 425 g/mol. The summed E-state index contributed by atoms with van der Waals surface area (Å²) in [5, 5.41) is 2.45. The van der Waals surface area contributed by atoms with E-state index < -0.39 is 0 Å². The van der Waals surface area contributed by atoms with Crippen LogP contribution in [0, 0.1) is 0 Å². The van der Waals surface area contributed by atoms with Crippen molar-refractivity contribution < 1.29 is 4.79 Å². The molecule has 0 fully saturated rings. The standard InChI is InChI=1S/C30H35NO/c1-3-5-6-7-8-9-11-14-23-17-19-28-26(21-23)27-22-25(18-20-29(27)31(28)4-2)30(32)24-15-12-10-13-16-24/h10,12-13,15-22H,3-9,11,14H2,1-2H3. The van der Waals surface area contributed by atoms with E-state index in [0.29, 0.717) is 0 Å². The molecule has 4 aromatic rings. The molecule has 3 aromatic carbocycles. The Morgan fingerprint density at radius 2 is 1.34 bits per heavy atom. The van der Waals surface area contributed by atoms with Crippen molar-refractivity contribution in [1.29, 1.82) is 0 Å². The van der Waals surface area contributed by atoms with E-state index in [1.807, 2.05) is 36.4 Å². The van der Waals surface area contributed by atoms with Crippen molar-refractivity contribution in [3.63, 3.8) is 0 Å². The van der Waals surface area contributed by atoms with Crippen LogP contribution in [0.1, 0.15) is 80.3 Å². The Labute approximate surface area is 192 Å². The van der Waals surface area contributed by atoms with Gasteiger partial charge in [-0.1, -0.05) is 81.8 Å². The van der Waals surface area contributed by atoms with Crippen molar-refractivity contribution in [2.24, 2.45) is 0 Å². The maximum Gasteiger partial charge on any atom is 0.193 e. The van der Waals surface area contributed by atoms with Crippen LogP contribution in [0.15, 0.2) is 66.7 Å². The molecule has 0 bridgehead atoms. The summed E-state index contributed by atoms with van der Waals surface area (Å²) in [5.41, 5.74) is 5.37. The van der Waals surface area contributed by atoms with E-state index in [2.05, 4.69) is 48.7 Å². The molecule has 0 saturated heterocycles. The summed E-state index contributed by atoms with van der Waals surface area (Å²) in [6.07, 6.45) is 10.5. The minimum Gasteiger partial charge on any atom is -0.341 e. The largest absolute Gasteiger partial charge is 0.341 e. The van der Waals surface area contributed by atoms with Crippen LogP contribution in [-0.4, -0.2) is 10.4 Å². The Balaban J connectivity index is 1.59. The molecule has 1 heterocycles. The normalized spacial score (nSPS) is 11.4. The smallest absolute Gasteiger partial charge is 0.193 e. The molecule has 4 rings (SSSR count). The SMILES string of the molecule is CCCCCCCCCc1ccc2c(c1)c1cc(C(=O)c3ccccc3)ccc1n2CC. The average molecular weight is 426 g/mol. The minimum atomic E-state index is 0.0872. The van der Waals surface area contributed by atoms with Gasteiger partial charge >= 0.3 is 0 Å². The zero-order valence-electron chi connectivity index (χ0n) is 19.6. The molecule has 0 aliphatic rings. The molecule has 0 atom stereocenters. The average Bonchev–Trinajstić information content (AvgIpc) is 3.15. The van der Waals surface area contributed by atoms with Gasteiger partial charge in [-0.15, -0.1) is 0 Å². The van der Waals surface area contributed by atoms with Crippen LogP contribution in [0.4, 0.5) is 0 Å². The van der Waals surface area contributed by atoms with Crippen LogP contribution in [0.3, 0.4) is 0 Å². The van der Waals surface area contributed by atoms with Gasteiger partial charge in [0.1, 0.15) is 0 Å². The predicted molar refractivity (Wildman–Crippen MR) is 137 cm³/mol. The number of unbranched alkanes of at least 4 members (excludes halogenated alkanes) is 6. The van der Waals surface area contributed by atoms with Crippen LogP contribution in [0.5, 0.6) is 0 Å². The van der Waals surface area contributed by atoms with Crippen molar-refractivity contribution in [2.75, 3.05) is 0 Å². The van der Waals surface area contributed by atoms with Gasteiger partial charge in [0.15, 0.2) is 5.78 Å². The summed E-state index contributed by atoms with van der Waals surface area (Å²) in [5.74, 6) is 0.0872. The van der Waals surface area contributed by atoms with Gasteiger partial charge in [0.2, 0.25) is 0 Å². The Kier molecular flexibility index (Phi) is 7.42. The fraction of sp³-hybridized carbons (Fsp3) is 0.367. The molecule has 0 radical (unpaired) electrons. The van der Waals surface area contributed by atoms with E-state index >= 15 is 0 Å². The quantitative estimate of drug-likeness (QED) is 0.175. The third kappa shape index (κ3) is 4.80. The second kappa shape index (κ2) is 10.6. The van der Waals surface area contributed by atoms with Crippen LogP contribution in [0.25, 0.3) is 21.8 Å². The summed E-state index contributed by atoms with van der Waals surface area (Å²) >= 11 is 0. The number of benzene rings is 3. The molecule has 1 aromatic heterocycles. The minimum absolute atomic E-state index is 0.0872. The lowest BCUT2D eigenvalue weighted by molar-refractivity contribution is 0.103. The molecular formula is C30H35NO. The number of hydrogen-bond donors (Lipinski definition) is 0. The number of rotatable bonds is 11. The number of hydrogen-bond acceptors (Lipinski definition) is 1. The highest BCUT2D eigenvalue weighted by Crippen LogP contribution is 2.31. The molecule has 0 spiro atoms. The summed E-state index contributed by atoms with van der Waals surface area (Å²) in [4.78, 5) is 13.0. The topological polar surface area (TPSA) is 22.0 Å². The third-order valence-corrected chi connectivity index (χ3v) is 6.61. The fourth-order valence-corrected chi connectivity index (χ4v) is 4.83. The lowest BCUT2D eigenvalue weighted by atomic mass is 10.00. The van der Waals surface area contributed by atoms with E-state index in [1.54, 1.807) is 0 Å². The first-order valence-electron chi connectivity index (χ1n) is 12.4. The first-order valence-corrected chi connectivity index (χ1v) is 12.4. The Bertz CT molecular complexity index is 1190. The molecule has 166 valence electrons. The molecule has 0 aliphatic carbocycles. The second-order valence-electron chi connectivity index (χ2n) is 8.89. The van der Waals surface area contributed by atoms with Gasteiger partial charge in [0.25, 0.3) is 0 Å². The van der Waals surface area contributed by atoms with E-state index in [9.17, 15) is 4.79 Å². The first-order chi connectivity index (χ1) is 15.7. The second-order valence-corrected chi connectivity index (χ2v) is 8.89. The molecule has 32 heavy (non-hydrogen) atoms. The van der Waals surface area contributed by atoms with Crippen LogP contribution in [0.2, 0.25) is 0 Å². The molecule has 2 heteroatoms. The van der Waals surface area contributed by atoms with Crippen LogP contribution in [-0.2, 0) is 13.0 Å². The molecule has 0 amide bonds. The Morgan fingerprint density at radius 1 is 0.688 bits per heavy atom. The summed E-state index contributed by atoms with van der Waals surface area (Å²) in [7, 11) is 0. The lowest BCUT2D eigenvalue weighted by Gasteiger charge is -2.05. The zero-order valence-corrected chi connectivity index (χ0v) is 19.6. The van der Waals surface area contributed by atoms with Crippen molar-refractivity contribution in [3.8, 4) is 0 Å². The van der Waals surface area contributed by atoms with Crippen LogP contribution >= 0.6 is 0 Å². The van der Waals surface area contributed by atoms with Crippen molar-refractivity contribution >= 4 is 27.6 Å². The van der Waals surface area contributed by atoms with Crippen molar-refractivity contribution in [3.05, 3.63) is 83.4 Å². The summed E-state index contributed by atoms with van der Waals surface area (Å²) in [6, 6.07) is 22.7. The summed E-state index contributed by atoms with van der Waals surface area (Å²) < 4.78 is 2.36. The number of fused-ring (bicyclic) bond motifs is 3. The van der Waals surface area contributed by atoms with E-state index in [1.165, 1.54) is 72.3 Å². The van der Waals surface area contributed by atoms with Gasteiger partial charge in [-0.25, -0.2) is 0 Å². The highest BCUT2D eigenvalue weighted by Gasteiger charge is 2.14. The Morgan fingerprint density at radius 3 is 2.06 bits per heavy atom. The molecular weight excluding hydrogens is 390 g/mol. The zero-order chi connectivity index (χ0) is 22.3. The van der Waals surface area contributed by atoms with E-state index in [0.717, 1.165) is 24.1 Å². The van der Waals surface area contributed by atoms with Gasteiger partial charge in [0, 0.05) is 39.5 Å². The summed E-state index contributed by atoms with van der Waals surface area (Å²) in [6.45, 7) is 5.38. The lowest BCUT2D eigenvalue weighted by Crippen LogP contribution is -2.01. The molecule has 2 nitrogen and oxygen atoms in total. The number of ketones is 1. The molecule has 0 N–H and O–H groups in total. The maximum absolute atomic E-state index is 13.0. The molecule has 0 aliphatic heterocycles. The van der Waals surface area contributed by atoms with Crippen molar-refractivity contribution in [1.82, 2.24) is 4.57 Å². The van der Waals surface area contributed by atoms with Gasteiger partial charge < -0.3 is 4.57 Å². The van der Waals surface area contributed by atoms with Crippen LogP contribution < -0.4 is 0 Å². The number of carbonyl (C=O) groups is 1. The highest BCUT2D eigenvalue weighted by atomic mass is 16.1. The number of carbonyl (C=O) groups excluding carboxylic acids is 1. The van der Waals surface area contributed by atoms with Crippen molar-refractivity contribution in [2.45, 2.75) is 71.8 Å². The van der Waals surface area contributed by atoms with Gasteiger partial charge in [-0.3, -0.25) is 4.79 Å². The number of aryl methyl sites for hydroxylation is 2. The van der Waals surface area contributed by atoms with E-state index in [-0.39, 0.29) is 5.78 Å². The molecule has 0 saturated carbocycles. The fourth-order valence-electron chi connectivity index (χ4n) is 4.83. The van der Waals surface area contributed by atoms with E-state index in [4.69, 9.17) is 0 Å². The van der Waals surface area contributed by atoms with Gasteiger partial charge in [-0.2, -0.15) is 0 Å². The Hall–Kier alpha value is -2.87. The highest BCUT2D eigenvalue weighted by molar-refractivity contribution is 6.14. The molecule has 0 unspecified atom stereocenters. The maximum atomic E-state index is 13.0. The van der Waals surface area contributed by atoms with Gasteiger partial charge in [-0.05, 0) is 55.7 Å². The number of aromatic nitrogens is 1. The first kappa shape index (κ1) is 22.3. The number of nitrogens with zero attached hydrogens (tertiary/aromatic N) is 1. The third-order valence-electron chi connectivity index (χ3n) is 6.61.